The third-order valence-corrected chi connectivity index (χ3v) is 7.72. The fourth-order valence-electron chi connectivity index (χ4n) is 4.74. The van der Waals surface area contributed by atoms with Gasteiger partial charge >= 0.3 is 17.5 Å². The van der Waals surface area contributed by atoms with Crippen LogP contribution in [0.2, 0.25) is 0 Å². The summed E-state index contributed by atoms with van der Waals surface area (Å²) in [7, 11) is 5.14. The number of rotatable bonds is 13. The molecule has 0 radical (unpaired) electrons. The van der Waals surface area contributed by atoms with E-state index in [1.54, 1.807) is 18.3 Å². The molecule has 4 heterocycles. The number of anilines is 3. The van der Waals surface area contributed by atoms with Gasteiger partial charge in [0, 0.05) is 30.4 Å². The number of pyridine rings is 2. The molecule has 0 aliphatic carbocycles. The van der Waals surface area contributed by atoms with Crippen LogP contribution >= 0.6 is 15.9 Å². The molecule has 0 atom stereocenters. The molecular weight excluding hydrogens is 766 g/mol. The summed E-state index contributed by atoms with van der Waals surface area (Å²) in [5, 5.41) is 18.2. The minimum absolute atomic E-state index is 0. The van der Waals surface area contributed by atoms with Gasteiger partial charge in [-0.2, -0.15) is 0 Å². The normalized spacial score (nSPS) is 11.3. The Balaban J connectivity index is 0.00000541. The Labute approximate surface area is 299 Å². The van der Waals surface area contributed by atoms with Crippen molar-refractivity contribution in [2.45, 2.75) is 13.2 Å². The van der Waals surface area contributed by atoms with E-state index >= 15 is 0 Å². The van der Waals surface area contributed by atoms with Crippen LogP contribution in [-0.2, 0) is 25.0 Å². The molecule has 0 bridgehead atoms. The van der Waals surface area contributed by atoms with E-state index in [0.717, 1.165) is 15.9 Å². The molecule has 0 aliphatic rings. The molecule has 254 valence electrons. The number of hydrogen-bond donors (Lipinski definition) is 3. The number of ether oxygens (including phenoxy) is 1. The lowest BCUT2D eigenvalue weighted by atomic mass is 10.2. The van der Waals surface area contributed by atoms with Gasteiger partial charge in [-0.1, -0.05) is 6.07 Å². The number of halogens is 2. The van der Waals surface area contributed by atoms with Crippen LogP contribution in [0.4, 0.5) is 23.1 Å². The maximum absolute atomic E-state index is 12.8. The summed E-state index contributed by atoms with van der Waals surface area (Å²) in [6.45, 7) is 0.807. The predicted octanol–water partition coefficient (Wildman–Crippen LogP) is 1.02. The first-order valence-electron chi connectivity index (χ1n) is 14.4. The number of carbonyl (C=O) groups excluding carboxylic acids is 2. The summed E-state index contributed by atoms with van der Waals surface area (Å²) in [6.07, 6.45) is 7.67. The average molecular weight is 797 g/mol. The zero-order valence-electron chi connectivity index (χ0n) is 26.5. The molecule has 0 fully saturated rings. The average Bonchev–Trinajstić information content (AvgIpc) is 3.36. The molecule has 0 saturated carbocycles. The molecule has 0 spiro atoms. The van der Waals surface area contributed by atoms with Crippen molar-refractivity contribution in [1.29, 1.82) is 0 Å². The second-order valence-electron chi connectivity index (χ2n) is 11.2. The lowest BCUT2D eigenvalue weighted by Gasteiger charge is -2.28. The minimum Gasteiger partial charge on any atom is -1.00 e. The lowest BCUT2D eigenvalue weighted by Crippen LogP contribution is -3.00. The van der Waals surface area contributed by atoms with Crippen LogP contribution in [0.3, 0.4) is 0 Å². The summed E-state index contributed by atoms with van der Waals surface area (Å²) in [6, 6.07) is 12.8. The van der Waals surface area contributed by atoms with Gasteiger partial charge < -0.3 is 52.7 Å². The number of nitrogens with one attached hydrogen (secondary N) is 2. The number of fused-ring (bicyclic) bond motifs is 1. The Hall–Kier alpha value is -5.33. The highest BCUT2D eigenvalue weighted by atomic mass is 79.9. The zero-order chi connectivity index (χ0) is 34.4. The molecule has 49 heavy (non-hydrogen) atoms. The molecule has 5 aromatic rings. The molecular formula is C31H31Br2N11O5. The van der Waals surface area contributed by atoms with Gasteiger partial charge in [-0.15, -0.1) is 0 Å². The minimum atomic E-state index is -0.865. The quantitative estimate of drug-likeness (QED) is 0.0664. The van der Waals surface area contributed by atoms with Crippen LogP contribution in [0, 0.1) is 10.1 Å². The van der Waals surface area contributed by atoms with Gasteiger partial charge in [0.25, 0.3) is 0 Å². The van der Waals surface area contributed by atoms with Gasteiger partial charge in [0.2, 0.25) is 5.91 Å². The molecule has 0 aliphatic heterocycles. The number of likely N-dealkylation sites (N-methyl/N-ethyl adjacent to an activating group) is 1. The summed E-state index contributed by atoms with van der Waals surface area (Å²) in [5.41, 5.74) is 7.67. The first-order valence-corrected chi connectivity index (χ1v) is 15.2. The van der Waals surface area contributed by atoms with E-state index in [2.05, 4.69) is 51.5 Å². The maximum Gasteiger partial charge on any atom is 0.391 e. The molecule has 16 nitrogen and oxygen atoms in total. The molecule has 5 rings (SSSR count). The highest BCUT2D eigenvalue weighted by Crippen LogP contribution is 2.31. The molecule has 1 aromatic carbocycles. The second kappa shape index (κ2) is 15.7. The van der Waals surface area contributed by atoms with E-state index < -0.39 is 22.6 Å². The van der Waals surface area contributed by atoms with Gasteiger partial charge in [-0.25, -0.2) is 15.0 Å². The number of nitrogens with two attached hydrogens (primary N) is 1. The van der Waals surface area contributed by atoms with Gasteiger partial charge in [0.1, 0.15) is 36.9 Å². The number of imidazole rings is 1. The highest BCUT2D eigenvalue weighted by molar-refractivity contribution is 9.10. The van der Waals surface area contributed by atoms with Crippen molar-refractivity contribution in [2.75, 3.05) is 31.3 Å². The first kappa shape index (κ1) is 36.5. The molecule has 2 amide bonds. The van der Waals surface area contributed by atoms with Crippen LogP contribution in [0.1, 0.15) is 22.0 Å². The standard InChI is InChI=1S/C31H30BrN11O5.BrH/c1-41-24(30(42(46)47)40-31(41)28(33)45)16-43(2,3)12-6-8-27(44)39-26-14-21-23(15-35-26)36-18-37-29(21)38-19-9-10-25(22(32)13-19)48-17-20-7-4-5-11-34-20;/h4-11,13-15,18H,12,16-17H2,1-3H3,(H3-,33,35,36,37,38,39,40,44,45);1H/b8-6+;. The van der Waals surface area contributed by atoms with Crippen LogP contribution in [0.15, 0.2) is 77.8 Å². The number of amides is 2. The van der Waals surface area contributed by atoms with Crippen LogP contribution in [-0.4, -0.2) is 71.3 Å². The summed E-state index contributed by atoms with van der Waals surface area (Å²) in [4.78, 5) is 56.4. The molecule has 4 N–H and O–H groups in total. The van der Waals surface area contributed by atoms with E-state index in [0.29, 0.717) is 35.6 Å². The third kappa shape index (κ3) is 9.18. The second-order valence-corrected chi connectivity index (χ2v) is 12.1. The van der Waals surface area contributed by atoms with E-state index in [-0.39, 0.29) is 45.3 Å². The number of nitrogens with zero attached hydrogens (tertiary/aromatic N) is 8. The lowest BCUT2D eigenvalue weighted by molar-refractivity contribution is -0.898. The van der Waals surface area contributed by atoms with Crippen LogP contribution in [0.25, 0.3) is 10.9 Å². The number of hydrogen-bond acceptors (Lipinski definition) is 11. The summed E-state index contributed by atoms with van der Waals surface area (Å²) >= 11 is 3.56. The fourth-order valence-corrected chi connectivity index (χ4v) is 5.23. The molecule has 18 heteroatoms. The topological polar surface area (TPSA) is 206 Å². The van der Waals surface area contributed by atoms with Crippen molar-refractivity contribution in [3.63, 3.8) is 0 Å². The van der Waals surface area contributed by atoms with E-state index in [4.69, 9.17) is 10.5 Å². The predicted molar refractivity (Wildman–Crippen MR) is 180 cm³/mol. The van der Waals surface area contributed by atoms with E-state index in [1.807, 2.05) is 50.5 Å². The molecule has 0 saturated heterocycles. The number of nitro groups is 1. The SMILES string of the molecule is Cn1c(C(N)=O)nc([N+](=O)[O-])c1C[N+](C)(C)C/C=C/C(=O)Nc1cc2c(Nc3ccc(OCc4ccccn4)c(Br)c3)ncnc2cn1.[Br-]. The van der Waals surface area contributed by atoms with Crippen LogP contribution < -0.4 is 38.1 Å². The van der Waals surface area contributed by atoms with Gasteiger partial charge in [0.05, 0.1) is 42.5 Å². The van der Waals surface area contributed by atoms with E-state index in [1.165, 1.54) is 30.2 Å². The van der Waals surface area contributed by atoms with Crippen molar-refractivity contribution >= 4 is 61.8 Å². The van der Waals surface area contributed by atoms with Crippen molar-refractivity contribution in [1.82, 2.24) is 29.5 Å². The van der Waals surface area contributed by atoms with Gasteiger partial charge in [-0.05, 0) is 68.3 Å². The Bertz CT molecular complexity index is 2040. The van der Waals surface area contributed by atoms with E-state index in [9.17, 15) is 19.7 Å². The molecule has 0 unspecified atom stereocenters. The van der Waals surface area contributed by atoms with Crippen LogP contribution in [0.5, 0.6) is 5.75 Å². The monoisotopic (exact) mass is 795 g/mol. The first-order chi connectivity index (χ1) is 22.9. The fraction of sp³-hybridized carbons (Fsp3) is 0.194. The largest absolute Gasteiger partial charge is 1.00 e. The zero-order valence-corrected chi connectivity index (χ0v) is 29.7. The Morgan fingerprint density at radius 1 is 1.14 bits per heavy atom. The number of aromatic nitrogens is 6. The number of benzene rings is 1. The van der Waals surface area contributed by atoms with Crippen molar-refractivity contribution in [3.8, 4) is 5.75 Å². The number of carbonyl (C=O) groups is 2. The van der Waals surface area contributed by atoms with Crippen molar-refractivity contribution < 1.29 is 40.7 Å². The maximum atomic E-state index is 12.8. The Morgan fingerprint density at radius 3 is 2.63 bits per heavy atom. The highest BCUT2D eigenvalue weighted by Gasteiger charge is 2.32. The van der Waals surface area contributed by atoms with Crippen molar-refractivity contribution in [3.05, 3.63) is 105 Å². The smallest absolute Gasteiger partial charge is 0.391 e. The van der Waals surface area contributed by atoms with Gasteiger partial charge in [0.15, 0.2) is 5.69 Å². The number of primary amides is 1. The third-order valence-electron chi connectivity index (χ3n) is 7.10. The summed E-state index contributed by atoms with van der Waals surface area (Å²) in [5.74, 6) is -0.492. The van der Waals surface area contributed by atoms with Gasteiger partial charge in [-0.3, -0.25) is 19.1 Å². The summed E-state index contributed by atoms with van der Waals surface area (Å²) < 4.78 is 8.17. The van der Waals surface area contributed by atoms with Crippen molar-refractivity contribution in [2.24, 2.45) is 12.8 Å². The number of quaternary nitrogens is 1. The Morgan fingerprint density at radius 2 is 1.94 bits per heavy atom. The molecule has 4 aromatic heterocycles. The Kier molecular flexibility index (Phi) is 11.7.